The first kappa shape index (κ1) is 15.0. The van der Waals surface area contributed by atoms with Gasteiger partial charge < -0.3 is 10.4 Å². The summed E-state index contributed by atoms with van der Waals surface area (Å²) in [5.74, 6) is 0. The van der Waals surface area contributed by atoms with Crippen LogP contribution in [0.5, 0.6) is 0 Å². The Hall–Kier alpha value is -1.44. The fourth-order valence-corrected chi connectivity index (χ4v) is 2.97. The maximum atomic E-state index is 10.8. The number of hydrogen-bond acceptors (Lipinski definition) is 5. The third kappa shape index (κ3) is 3.36. The highest BCUT2D eigenvalue weighted by atomic mass is 79.9. The number of anilines is 1. The Morgan fingerprint density at radius 1 is 1.55 bits per heavy atom. The Bertz CT molecular complexity index is 616. The standard InChI is InChI=1S/C13H13BrN2O3S/c1-8-4-11(10(14)5-12(8)16(18)19)15-6-13(17)9-2-3-20-7-9/h2-5,7,13,15,17H,6H2,1H3. The molecule has 2 N–H and O–H groups in total. The zero-order chi connectivity index (χ0) is 14.7. The van der Waals surface area contributed by atoms with Crippen LogP contribution in [0.3, 0.4) is 0 Å². The van der Waals surface area contributed by atoms with Crippen LogP contribution in [0, 0.1) is 17.0 Å². The van der Waals surface area contributed by atoms with Crippen molar-refractivity contribution in [3.63, 3.8) is 0 Å². The summed E-state index contributed by atoms with van der Waals surface area (Å²) in [5, 5.41) is 27.7. The summed E-state index contributed by atoms with van der Waals surface area (Å²) in [7, 11) is 0. The monoisotopic (exact) mass is 356 g/mol. The average Bonchev–Trinajstić information content (AvgIpc) is 2.92. The lowest BCUT2D eigenvalue weighted by molar-refractivity contribution is -0.385. The van der Waals surface area contributed by atoms with Crippen molar-refractivity contribution in [2.24, 2.45) is 0 Å². The van der Waals surface area contributed by atoms with Crippen molar-refractivity contribution in [3.8, 4) is 0 Å². The number of nitrogens with one attached hydrogen (secondary N) is 1. The summed E-state index contributed by atoms with van der Waals surface area (Å²) in [4.78, 5) is 10.4. The number of hydrogen-bond donors (Lipinski definition) is 2. The molecule has 7 heteroatoms. The number of rotatable bonds is 5. The molecule has 0 aliphatic rings. The van der Waals surface area contributed by atoms with E-state index in [-0.39, 0.29) is 5.69 Å². The molecular weight excluding hydrogens is 344 g/mol. The molecule has 1 heterocycles. The van der Waals surface area contributed by atoms with Crippen molar-refractivity contribution in [2.45, 2.75) is 13.0 Å². The lowest BCUT2D eigenvalue weighted by Gasteiger charge is -2.13. The first-order valence-corrected chi connectivity index (χ1v) is 7.61. The lowest BCUT2D eigenvalue weighted by Crippen LogP contribution is -2.12. The third-order valence-corrected chi connectivity index (χ3v) is 4.25. The second kappa shape index (κ2) is 6.34. The summed E-state index contributed by atoms with van der Waals surface area (Å²) < 4.78 is 0.604. The Labute approximate surface area is 128 Å². The zero-order valence-corrected chi connectivity index (χ0v) is 13.1. The molecule has 1 unspecified atom stereocenters. The minimum absolute atomic E-state index is 0.0702. The number of aliphatic hydroxyl groups excluding tert-OH is 1. The molecule has 0 saturated carbocycles. The number of aliphatic hydroxyl groups is 1. The van der Waals surface area contributed by atoms with Gasteiger partial charge in [-0.2, -0.15) is 11.3 Å². The average molecular weight is 357 g/mol. The second-order valence-electron chi connectivity index (χ2n) is 4.33. The SMILES string of the molecule is Cc1cc(NCC(O)c2ccsc2)c(Br)cc1[N+](=O)[O-]. The van der Waals surface area contributed by atoms with E-state index in [1.165, 1.54) is 17.4 Å². The van der Waals surface area contributed by atoms with Gasteiger partial charge in [-0.3, -0.25) is 10.1 Å². The van der Waals surface area contributed by atoms with Crippen LogP contribution in [0.2, 0.25) is 0 Å². The van der Waals surface area contributed by atoms with E-state index < -0.39 is 11.0 Å². The van der Waals surface area contributed by atoms with Crippen LogP contribution in [-0.2, 0) is 0 Å². The van der Waals surface area contributed by atoms with Crippen molar-refractivity contribution < 1.29 is 10.0 Å². The van der Waals surface area contributed by atoms with Gasteiger partial charge in [-0.05, 0) is 51.3 Å². The predicted molar refractivity (Wildman–Crippen MR) is 83.3 cm³/mol. The van der Waals surface area contributed by atoms with Crippen molar-refractivity contribution >= 4 is 38.6 Å². The van der Waals surface area contributed by atoms with Crippen LogP contribution in [0.4, 0.5) is 11.4 Å². The van der Waals surface area contributed by atoms with Gasteiger partial charge >= 0.3 is 0 Å². The summed E-state index contributed by atoms with van der Waals surface area (Å²) in [6.45, 7) is 2.03. The summed E-state index contributed by atoms with van der Waals surface area (Å²) in [6, 6.07) is 5.03. The van der Waals surface area contributed by atoms with Gasteiger partial charge in [0.05, 0.1) is 11.0 Å². The number of nitro groups is 1. The predicted octanol–water partition coefficient (Wildman–Crippen LogP) is 3.87. The minimum atomic E-state index is -0.608. The molecule has 20 heavy (non-hydrogen) atoms. The number of nitro benzene ring substituents is 1. The first-order chi connectivity index (χ1) is 9.49. The molecule has 2 rings (SSSR count). The normalized spacial score (nSPS) is 12.2. The fraction of sp³-hybridized carbons (Fsp3) is 0.231. The molecule has 0 bridgehead atoms. The fourth-order valence-electron chi connectivity index (χ4n) is 1.79. The van der Waals surface area contributed by atoms with Gasteiger partial charge in [0, 0.05) is 28.3 Å². The maximum Gasteiger partial charge on any atom is 0.273 e. The maximum absolute atomic E-state index is 10.8. The van der Waals surface area contributed by atoms with Crippen LogP contribution in [-0.4, -0.2) is 16.6 Å². The molecule has 0 amide bonds. The largest absolute Gasteiger partial charge is 0.387 e. The highest BCUT2D eigenvalue weighted by Crippen LogP contribution is 2.31. The molecule has 2 aromatic rings. The Morgan fingerprint density at radius 3 is 2.90 bits per heavy atom. The van der Waals surface area contributed by atoms with Gasteiger partial charge in [0.1, 0.15) is 0 Å². The van der Waals surface area contributed by atoms with Crippen molar-refractivity contribution in [1.29, 1.82) is 0 Å². The molecule has 0 saturated heterocycles. The molecule has 0 aliphatic carbocycles. The summed E-state index contributed by atoms with van der Waals surface area (Å²) in [6.07, 6.45) is -0.608. The Morgan fingerprint density at radius 2 is 2.30 bits per heavy atom. The van der Waals surface area contributed by atoms with Gasteiger partial charge in [-0.1, -0.05) is 0 Å². The molecular formula is C13H13BrN2O3S. The summed E-state index contributed by atoms with van der Waals surface area (Å²) in [5.41, 5.74) is 2.23. The van der Waals surface area contributed by atoms with Crippen molar-refractivity contribution in [2.75, 3.05) is 11.9 Å². The van der Waals surface area contributed by atoms with Crippen LogP contribution < -0.4 is 5.32 Å². The highest BCUT2D eigenvalue weighted by Gasteiger charge is 2.15. The van der Waals surface area contributed by atoms with E-state index in [9.17, 15) is 15.2 Å². The molecule has 1 atom stereocenters. The molecule has 0 spiro atoms. The van der Waals surface area contributed by atoms with Gasteiger partial charge in [0.2, 0.25) is 0 Å². The number of benzene rings is 1. The van der Waals surface area contributed by atoms with Crippen molar-refractivity contribution in [3.05, 3.63) is 54.7 Å². The molecule has 1 aromatic carbocycles. The number of nitrogens with zero attached hydrogens (tertiary/aromatic N) is 1. The minimum Gasteiger partial charge on any atom is -0.387 e. The topological polar surface area (TPSA) is 75.4 Å². The Kier molecular flexibility index (Phi) is 4.74. The van der Waals surface area contributed by atoms with E-state index >= 15 is 0 Å². The number of halogens is 1. The van der Waals surface area contributed by atoms with Gasteiger partial charge in [-0.15, -0.1) is 0 Å². The molecule has 0 radical (unpaired) electrons. The smallest absolute Gasteiger partial charge is 0.273 e. The first-order valence-electron chi connectivity index (χ1n) is 5.87. The molecule has 1 aromatic heterocycles. The van der Waals surface area contributed by atoms with Gasteiger partial charge in [-0.25, -0.2) is 0 Å². The lowest BCUT2D eigenvalue weighted by atomic mass is 10.1. The van der Waals surface area contributed by atoms with Crippen molar-refractivity contribution in [1.82, 2.24) is 0 Å². The van der Waals surface area contributed by atoms with Crippen LogP contribution in [0.15, 0.2) is 33.4 Å². The second-order valence-corrected chi connectivity index (χ2v) is 5.96. The quantitative estimate of drug-likeness (QED) is 0.629. The van der Waals surface area contributed by atoms with Crippen LogP contribution >= 0.6 is 27.3 Å². The Balaban J connectivity index is 2.10. The van der Waals surface area contributed by atoms with E-state index in [0.29, 0.717) is 16.6 Å². The van der Waals surface area contributed by atoms with Crippen LogP contribution in [0.1, 0.15) is 17.2 Å². The molecule has 0 aliphatic heterocycles. The van der Waals surface area contributed by atoms with E-state index in [2.05, 4.69) is 21.2 Å². The van der Waals surface area contributed by atoms with E-state index in [1.807, 2.05) is 16.8 Å². The summed E-state index contributed by atoms with van der Waals surface area (Å²) >= 11 is 4.83. The van der Waals surface area contributed by atoms with Gasteiger partial charge in [0.25, 0.3) is 5.69 Å². The van der Waals surface area contributed by atoms with Gasteiger partial charge in [0.15, 0.2) is 0 Å². The highest BCUT2D eigenvalue weighted by molar-refractivity contribution is 9.10. The van der Waals surface area contributed by atoms with E-state index in [4.69, 9.17) is 0 Å². The molecule has 106 valence electrons. The van der Waals surface area contributed by atoms with Crippen LogP contribution in [0.25, 0.3) is 0 Å². The zero-order valence-electron chi connectivity index (χ0n) is 10.7. The van der Waals surface area contributed by atoms with E-state index in [1.54, 1.807) is 13.0 Å². The molecule has 5 nitrogen and oxygen atoms in total. The number of thiophene rings is 1. The number of aryl methyl sites for hydroxylation is 1. The molecule has 0 fully saturated rings. The van der Waals surface area contributed by atoms with E-state index in [0.717, 1.165) is 11.3 Å². The third-order valence-electron chi connectivity index (χ3n) is 2.90.